The van der Waals surface area contributed by atoms with Gasteiger partial charge in [0.1, 0.15) is 0 Å². The lowest BCUT2D eigenvalue weighted by atomic mass is 10.0. The molecule has 112 valence electrons. The molecule has 1 aromatic carbocycles. The molecule has 21 heavy (non-hydrogen) atoms. The average molecular weight is 322 g/mol. The van der Waals surface area contributed by atoms with Crippen molar-refractivity contribution in [2.75, 3.05) is 0 Å². The molecule has 0 radical (unpaired) electrons. The number of aromatic nitrogens is 2. The summed E-state index contributed by atoms with van der Waals surface area (Å²) in [5, 5.41) is 1.54. The van der Waals surface area contributed by atoms with E-state index in [1.807, 2.05) is 44.2 Å². The first-order chi connectivity index (χ1) is 10.0. The molecule has 2 atom stereocenters. The van der Waals surface area contributed by atoms with E-state index in [1.165, 1.54) is 0 Å². The van der Waals surface area contributed by atoms with Crippen molar-refractivity contribution in [2.24, 2.45) is 5.73 Å². The Labute approximate surface area is 135 Å². The number of hydrogen-bond acceptors (Lipinski definition) is 4. The van der Waals surface area contributed by atoms with E-state index in [2.05, 4.69) is 16.9 Å². The van der Waals surface area contributed by atoms with Crippen LogP contribution in [0.15, 0.2) is 35.5 Å². The zero-order valence-corrected chi connectivity index (χ0v) is 14.1. The monoisotopic (exact) mass is 321 g/mol. The fourth-order valence-corrected chi connectivity index (χ4v) is 3.80. The lowest BCUT2D eigenvalue weighted by Gasteiger charge is -2.23. The predicted octanol–water partition coefficient (Wildman–Crippen LogP) is 4.32. The first kappa shape index (κ1) is 16.3. The van der Waals surface area contributed by atoms with E-state index in [0.29, 0.717) is 0 Å². The molecule has 2 rings (SSSR count). The molecular weight excluding hydrogens is 302 g/mol. The fraction of sp³-hybridized carbons (Fsp3) is 0.375. The van der Waals surface area contributed by atoms with Crippen LogP contribution in [0.3, 0.4) is 0 Å². The van der Waals surface area contributed by atoms with E-state index in [1.54, 1.807) is 11.8 Å². The van der Waals surface area contributed by atoms with Crippen LogP contribution in [0.5, 0.6) is 0 Å². The van der Waals surface area contributed by atoms with Crippen LogP contribution in [-0.4, -0.2) is 16.0 Å². The molecule has 1 heterocycles. The van der Waals surface area contributed by atoms with Crippen molar-refractivity contribution in [3.63, 3.8) is 0 Å². The van der Waals surface area contributed by atoms with Gasteiger partial charge >= 0.3 is 0 Å². The van der Waals surface area contributed by atoms with Crippen molar-refractivity contribution in [1.29, 1.82) is 0 Å². The van der Waals surface area contributed by atoms with Crippen LogP contribution < -0.4 is 5.73 Å². The van der Waals surface area contributed by atoms with Gasteiger partial charge in [-0.3, -0.25) is 0 Å². The summed E-state index contributed by atoms with van der Waals surface area (Å²) in [7, 11) is 0. The third kappa shape index (κ3) is 4.19. The molecule has 0 amide bonds. The Morgan fingerprint density at radius 1 is 1.19 bits per heavy atom. The number of halogens is 1. The second-order valence-electron chi connectivity index (χ2n) is 5.07. The van der Waals surface area contributed by atoms with Crippen LogP contribution >= 0.6 is 23.4 Å². The molecule has 2 unspecified atom stereocenters. The highest BCUT2D eigenvalue weighted by molar-refractivity contribution is 7.99. The number of aryl methyl sites for hydroxylation is 2. The highest BCUT2D eigenvalue weighted by Gasteiger charge is 2.23. The SMILES string of the molecule is CCC(N)C(Sc1nc(C)cc(C)n1)c1ccccc1Cl. The molecule has 0 saturated carbocycles. The van der Waals surface area contributed by atoms with Crippen molar-refractivity contribution in [3.8, 4) is 0 Å². The number of hydrogen-bond donors (Lipinski definition) is 1. The van der Waals surface area contributed by atoms with Crippen LogP contribution in [0.4, 0.5) is 0 Å². The highest BCUT2D eigenvalue weighted by atomic mass is 35.5. The van der Waals surface area contributed by atoms with Gasteiger partial charge in [0.25, 0.3) is 0 Å². The summed E-state index contributed by atoms with van der Waals surface area (Å²) in [6, 6.07) is 9.80. The number of nitrogens with two attached hydrogens (primary N) is 1. The lowest BCUT2D eigenvalue weighted by Crippen LogP contribution is -2.26. The third-order valence-electron chi connectivity index (χ3n) is 3.27. The maximum atomic E-state index is 6.34. The third-order valence-corrected chi connectivity index (χ3v) is 4.86. The number of thioether (sulfide) groups is 1. The molecule has 2 aromatic rings. The second-order valence-corrected chi connectivity index (χ2v) is 6.58. The standard InChI is InChI=1S/C16H20ClN3S/c1-4-14(18)15(12-7-5-6-8-13(12)17)21-16-19-10(2)9-11(3)20-16/h5-9,14-15H,4,18H2,1-3H3. The summed E-state index contributed by atoms with van der Waals surface area (Å²) in [6.45, 7) is 6.03. The van der Waals surface area contributed by atoms with Gasteiger partial charge < -0.3 is 5.73 Å². The minimum atomic E-state index is -0.000631. The molecule has 0 saturated heterocycles. The van der Waals surface area contributed by atoms with Crippen LogP contribution in [0.25, 0.3) is 0 Å². The number of rotatable bonds is 5. The minimum absolute atomic E-state index is 0.000631. The van der Waals surface area contributed by atoms with Crippen molar-refractivity contribution in [3.05, 3.63) is 52.3 Å². The van der Waals surface area contributed by atoms with E-state index in [-0.39, 0.29) is 11.3 Å². The Balaban J connectivity index is 2.35. The van der Waals surface area contributed by atoms with Gasteiger partial charge in [0.15, 0.2) is 5.16 Å². The smallest absolute Gasteiger partial charge is 0.188 e. The zero-order valence-electron chi connectivity index (χ0n) is 12.5. The summed E-state index contributed by atoms with van der Waals surface area (Å²) < 4.78 is 0. The zero-order chi connectivity index (χ0) is 15.4. The molecular formula is C16H20ClN3S. The van der Waals surface area contributed by atoms with Gasteiger partial charge in [-0.1, -0.05) is 48.5 Å². The van der Waals surface area contributed by atoms with E-state index >= 15 is 0 Å². The van der Waals surface area contributed by atoms with Crippen LogP contribution in [0, 0.1) is 13.8 Å². The number of benzene rings is 1. The largest absolute Gasteiger partial charge is 0.326 e. The maximum Gasteiger partial charge on any atom is 0.188 e. The Bertz CT molecular complexity index is 598. The molecule has 0 bridgehead atoms. The van der Waals surface area contributed by atoms with E-state index < -0.39 is 0 Å². The Kier molecular flexibility index (Phi) is 5.62. The summed E-state index contributed by atoms with van der Waals surface area (Å²) in [5.41, 5.74) is 9.28. The molecule has 1 aromatic heterocycles. The summed E-state index contributed by atoms with van der Waals surface area (Å²) in [5.74, 6) is 0. The van der Waals surface area contributed by atoms with Gasteiger partial charge in [-0.05, 0) is 38.0 Å². The molecule has 2 N–H and O–H groups in total. The Hall–Kier alpha value is -1.10. The Morgan fingerprint density at radius 3 is 2.38 bits per heavy atom. The van der Waals surface area contributed by atoms with Crippen molar-refractivity contribution in [1.82, 2.24) is 9.97 Å². The number of nitrogens with zero attached hydrogens (tertiary/aromatic N) is 2. The maximum absolute atomic E-state index is 6.34. The van der Waals surface area contributed by atoms with Crippen molar-refractivity contribution < 1.29 is 0 Å². The summed E-state index contributed by atoms with van der Waals surface area (Å²) in [4.78, 5) is 9.00. The molecule has 0 aliphatic rings. The van der Waals surface area contributed by atoms with Gasteiger partial charge in [0.2, 0.25) is 0 Å². The van der Waals surface area contributed by atoms with E-state index in [9.17, 15) is 0 Å². The van der Waals surface area contributed by atoms with Crippen LogP contribution in [0.2, 0.25) is 5.02 Å². The minimum Gasteiger partial charge on any atom is -0.326 e. The molecule has 3 nitrogen and oxygen atoms in total. The normalized spacial score (nSPS) is 14.0. The van der Waals surface area contributed by atoms with Crippen molar-refractivity contribution in [2.45, 2.75) is 43.6 Å². The van der Waals surface area contributed by atoms with Gasteiger partial charge in [-0.2, -0.15) is 0 Å². The first-order valence-corrected chi connectivity index (χ1v) is 8.26. The molecule has 0 spiro atoms. The van der Waals surface area contributed by atoms with E-state index in [0.717, 1.165) is 33.6 Å². The van der Waals surface area contributed by atoms with Crippen LogP contribution in [0.1, 0.15) is 35.5 Å². The predicted molar refractivity (Wildman–Crippen MR) is 89.8 cm³/mol. The van der Waals surface area contributed by atoms with E-state index in [4.69, 9.17) is 17.3 Å². The average Bonchev–Trinajstić information content (AvgIpc) is 2.44. The summed E-state index contributed by atoms with van der Waals surface area (Å²) in [6.07, 6.45) is 0.869. The fourth-order valence-electron chi connectivity index (χ4n) is 2.16. The molecule has 0 aliphatic carbocycles. The summed E-state index contributed by atoms with van der Waals surface area (Å²) >= 11 is 7.92. The first-order valence-electron chi connectivity index (χ1n) is 7.00. The highest BCUT2D eigenvalue weighted by Crippen LogP contribution is 2.39. The Morgan fingerprint density at radius 2 is 1.81 bits per heavy atom. The molecule has 0 fully saturated rings. The van der Waals surface area contributed by atoms with Gasteiger partial charge in [-0.25, -0.2) is 9.97 Å². The molecule has 0 aliphatic heterocycles. The second kappa shape index (κ2) is 7.25. The van der Waals surface area contributed by atoms with Gasteiger partial charge in [-0.15, -0.1) is 0 Å². The lowest BCUT2D eigenvalue weighted by molar-refractivity contribution is 0.632. The van der Waals surface area contributed by atoms with Gasteiger partial charge in [0.05, 0.1) is 5.25 Å². The quantitative estimate of drug-likeness (QED) is 0.658. The topological polar surface area (TPSA) is 51.8 Å². The van der Waals surface area contributed by atoms with Gasteiger partial charge in [0, 0.05) is 22.5 Å². The van der Waals surface area contributed by atoms with Crippen molar-refractivity contribution >= 4 is 23.4 Å². The van der Waals surface area contributed by atoms with Crippen LogP contribution in [-0.2, 0) is 0 Å². The molecule has 5 heteroatoms.